The van der Waals surface area contributed by atoms with Gasteiger partial charge in [0.1, 0.15) is 0 Å². The molecular formula is C34H48N4O7. The zero-order chi connectivity index (χ0) is 32.7. The van der Waals surface area contributed by atoms with E-state index in [4.69, 9.17) is 14.2 Å². The van der Waals surface area contributed by atoms with Gasteiger partial charge in [0.2, 0.25) is 11.8 Å². The number of carbonyl (C=O) groups excluding carboxylic acids is 4. The van der Waals surface area contributed by atoms with Crippen molar-refractivity contribution in [1.29, 1.82) is 0 Å². The molecule has 3 amide bonds. The first-order chi connectivity index (χ1) is 21.7. The highest BCUT2D eigenvalue weighted by Crippen LogP contribution is 2.35. The number of amides is 3. The van der Waals surface area contributed by atoms with Crippen LogP contribution in [-0.2, 0) is 36.8 Å². The van der Waals surface area contributed by atoms with Crippen LogP contribution in [0, 0.1) is 11.3 Å². The molecule has 2 aliphatic heterocycles. The average molecular weight is 625 g/mol. The van der Waals surface area contributed by atoms with Crippen molar-refractivity contribution in [3.63, 3.8) is 0 Å². The maximum absolute atomic E-state index is 13.6. The molecule has 2 aliphatic rings. The number of nitrogens with zero attached hydrogens (tertiary/aromatic N) is 2. The topological polar surface area (TPSA) is 136 Å². The number of methoxy groups -OCH3 is 1. The number of ether oxygens (including phenoxy) is 3. The predicted molar refractivity (Wildman–Crippen MR) is 170 cm³/mol. The Labute approximate surface area is 266 Å². The number of aryl methyl sites for hydroxylation is 1. The van der Waals surface area contributed by atoms with Crippen molar-refractivity contribution in [3.05, 3.63) is 53.9 Å². The molecule has 0 aliphatic carbocycles. The maximum atomic E-state index is 13.6. The van der Waals surface area contributed by atoms with Crippen molar-refractivity contribution in [1.82, 2.24) is 20.5 Å². The third-order valence-electron chi connectivity index (χ3n) is 7.90. The first kappa shape index (κ1) is 35.3. The van der Waals surface area contributed by atoms with Crippen LogP contribution < -0.4 is 20.1 Å². The molecule has 246 valence electrons. The average Bonchev–Trinajstić information content (AvgIpc) is 3.03. The molecule has 0 radical (unpaired) electrons. The van der Waals surface area contributed by atoms with E-state index in [0.29, 0.717) is 56.2 Å². The van der Waals surface area contributed by atoms with E-state index in [1.165, 1.54) is 7.11 Å². The van der Waals surface area contributed by atoms with Crippen molar-refractivity contribution in [2.75, 3.05) is 46.5 Å². The van der Waals surface area contributed by atoms with Crippen LogP contribution in [0.1, 0.15) is 64.0 Å². The van der Waals surface area contributed by atoms with Gasteiger partial charge in [-0.3, -0.25) is 24.2 Å². The summed E-state index contributed by atoms with van der Waals surface area (Å²) in [7, 11) is 1.51. The van der Waals surface area contributed by atoms with Gasteiger partial charge in [0.15, 0.2) is 18.1 Å². The summed E-state index contributed by atoms with van der Waals surface area (Å²) < 4.78 is 16.9. The Morgan fingerprint density at radius 3 is 2.67 bits per heavy atom. The standard InChI is InChI=1S/C34H48N4O7/c1-5-44-33(42)34(15-14-25(2)3)21-27-10-12-28(29(20-27)43-4)45-23-31(40)36-17-19-38(18-7-9-30(39)37-24-34)32(41)13-11-26-8-6-16-35-22-26/h6,8,10,12,16,20,22,25H,5,7,9,11,13-15,17-19,21,23-24H2,1-4H3,(H,36,40)(H,37,39). The van der Waals surface area contributed by atoms with Gasteiger partial charge in [-0.25, -0.2) is 0 Å². The van der Waals surface area contributed by atoms with Gasteiger partial charge in [-0.1, -0.05) is 26.0 Å². The normalized spacial score (nSPS) is 18.6. The highest BCUT2D eigenvalue weighted by Gasteiger charge is 2.40. The molecular weight excluding hydrogens is 576 g/mol. The largest absolute Gasteiger partial charge is 0.493 e. The molecule has 11 nitrogen and oxygen atoms in total. The molecule has 2 N–H and O–H groups in total. The highest BCUT2D eigenvalue weighted by molar-refractivity contribution is 5.81. The Balaban J connectivity index is 1.85. The maximum Gasteiger partial charge on any atom is 0.314 e. The lowest BCUT2D eigenvalue weighted by molar-refractivity contribution is -0.156. The summed E-state index contributed by atoms with van der Waals surface area (Å²) in [5, 5.41) is 5.81. The predicted octanol–water partition coefficient (Wildman–Crippen LogP) is 3.48. The summed E-state index contributed by atoms with van der Waals surface area (Å²) in [4.78, 5) is 58.3. The fourth-order valence-corrected chi connectivity index (χ4v) is 5.29. The van der Waals surface area contributed by atoms with Gasteiger partial charge in [-0.05, 0) is 74.3 Å². The summed E-state index contributed by atoms with van der Waals surface area (Å²) in [6, 6.07) is 9.10. The van der Waals surface area contributed by atoms with E-state index in [9.17, 15) is 19.2 Å². The van der Waals surface area contributed by atoms with Crippen molar-refractivity contribution in [3.8, 4) is 11.5 Å². The van der Waals surface area contributed by atoms with E-state index in [1.807, 2.05) is 18.2 Å². The molecule has 45 heavy (non-hydrogen) atoms. The number of benzene rings is 1. The van der Waals surface area contributed by atoms with E-state index < -0.39 is 5.41 Å². The smallest absolute Gasteiger partial charge is 0.314 e. The minimum atomic E-state index is -1.000. The number of rotatable bonds is 9. The lowest BCUT2D eigenvalue weighted by Crippen LogP contribution is -2.46. The van der Waals surface area contributed by atoms with Crippen LogP contribution >= 0.6 is 0 Å². The highest BCUT2D eigenvalue weighted by atomic mass is 16.5. The summed E-state index contributed by atoms with van der Waals surface area (Å²) in [6.07, 6.45) is 6.44. The Morgan fingerprint density at radius 2 is 1.96 bits per heavy atom. The number of hydrogen-bond acceptors (Lipinski definition) is 8. The summed E-state index contributed by atoms with van der Waals surface area (Å²) >= 11 is 0. The second-order valence-corrected chi connectivity index (χ2v) is 11.9. The third kappa shape index (κ3) is 11.4. The quantitative estimate of drug-likeness (QED) is 0.320. The number of esters is 1. The van der Waals surface area contributed by atoms with Crippen LogP contribution in [-0.4, -0.2) is 80.1 Å². The second kappa shape index (κ2) is 18.0. The number of aromatic nitrogens is 1. The molecule has 1 atom stereocenters. The van der Waals surface area contributed by atoms with Crippen LogP contribution in [0.25, 0.3) is 0 Å². The van der Waals surface area contributed by atoms with Gasteiger partial charge >= 0.3 is 5.97 Å². The van der Waals surface area contributed by atoms with E-state index >= 15 is 0 Å². The SMILES string of the molecule is CCOC(=O)C1(CCC(C)C)CNC(=O)CCCN(C(=O)CCc2cccnc2)CCNC(=O)COc2ccc(cc2OC)C1. The number of hydrogen-bond donors (Lipinski definition) is 2. The van der Waals surface area contributed by atoms with E-state index in [0.717, 1.165) is 17.5 Å². The number of pyridine rings is 1. The fourth-order valence-electron chi connectivity index (χ4n) is 5.29. The number of fused-ring (bicyclic) bond motifs is 16. The lowest BCUT2D eigenvalue weighted by atomic mass is 9.76. The molecule has 4 rings (SSSR count). The van der Waals surface area contributed by atoms with Gasteiger partial charge in [0.05, 0.1) is 19.1 Å². The zero-order valence-corrected chi connectivity index (χ0v) is 27.1. The molecule has 1 unspecified atom stereocenters. The van der Waals surface area contributed by atoms with Crippen molar-refractivity contribution in [2.24, 2.45) is 11.3 Å². The minimum Gasteiger partial charge on any atom is -0.493 e. The van der Waals surface area contributed by atoms with Gasteiger partial charge in [-0.15, -0.1) is 0 Å². The van der Waals surface area contributed by atoms with Crippen LogP contribution in [0.2, 0.25) is 0 Å². The van der Waals surface area contributed by atoms with Crippen molar-refractivity contribution >= 4 is 23.7 Å². The number of nitrogens with one attached hydrogen (secondary N) is 2. The van der Waals surface area contributed by atoms with E-state index in [2.05, 4.69) is 29.5 Å². The first-order valence-electron chi connectivity index (χ1n) is 15.8. The Bertz CT molecular complexity index is 1270. The van der Waals surface area contributed by atoms with Crippen LogP contribution in [0.15, 0.2) is 42.7 Å². The van der Waals surface area contributed by atoms with Crippen LogP contribution in [0.3, 0.4) is 0 Å². The Kier molecular flexibility index (Phi) is 14.1. The summed E-state index contributed by atoms with van der Waals surface area (Å²) in [5.41, 5.74) is 0.771. The molecule has 3 heterocycles. The van der Waals surface area contributed by atoms with Crippen molar-refractivity contribution < 1.29 is 33.4 Å². The van der Waals surface area contributed by atoms with E-state index in [-0.39, 0.29) is 62.8 Å². The molecule has 1 aromatic heterocycles. The zero-order valence-electron chi connectivity index (χ0n) is 27.1. The molecule has 0 fully saturated rings. The molecule has 2 aromatic rings. The van der Waals surface area contributed by atoms with E-state index in [1.54, 1.807) is 36.4 Å². The van der Waals surface area contributed by atoms with Gasteiger partial charge in [-0.2, -0.15) is 0 Å². The Morgan fingerprint density at radius 1 is 1.13 bits per heavy atom. The van der Waals surface area contributed by atoms with Crippen LogP contribution in [0.4, 0.5) is 0 Å². The summed E-state index contributed by atoms with van der Waals surface area (Å²) in [6.45, 7) is 6.94. The van der Waals surface area contributed by atoms with Gasteiger partial charge < -0.3 is 29.7 Å². The molecule has 0 saturated heterocycles. The van der Waals surface area contributed by atoms with Crippen molar-refractivity contribution in [2.45, 2.75) is 65.7 Å². The molecule has 0 saturated carbocycles. The third-order valence-corrected chi connectivity index (χ3v) is 7.90. The monoisotopic (exact) mass is 624 g/mol. The van der Waals surface area contributed by atoms with Gasteiger partial charge in [0.25, 0.3) is 5.91 Å². The minimum absolute atomic E-state index is 0.0738. The number of carbonyl (C=O) groups is 4. The van der Waals surface area contributed by atoms with Crippen LogP contribution in [0.5, 0.6) is 11.5 Å². The lowest BCUT2D eigenvalue weighted by Gasteiger charge is -2.33. The fraction of sp³-hybridized carbons (Fsp3) is 0.559. The second-order valence-electron chi connectivity index (χ2n) is 11.9. The van der Waals surface area contributed by atoms with Gasteiger partial charge in [0, 0.05) is 51.4 Å². The Hall–Kier alpha value is -4.15. The molecule has 11 heteroatoms. The molecule has 2 bridgehead atoms. The summed E-state index contributed by atoms with van der Waals surface area (Å²) in [5.74, 6) is 0.170. The molecule has 1 aromatic carbocycles. The first-order valence-corrected chi connectivity index (χ1v) is 15.8. The molecule has 0 spiro atoms.